The van der Waals surface area contributed by atoms with Crippen molar-refractivity contribution in [3.8, 4) is 11.5 Å². The number of hydrogen-bond donors (Lipinski definition) is 1. The summed E-state index contributed by atoms with van der Waals surface area (Å²) in [4.78, 5) is 56.5. The Bertz CT molecular complexity index is 1200. The molecule has 1 aliphatic heterocycles. The fourth-order valence-corrected chi connectivity index (χ4v) is 4.00. The molecule has 0 unspecified atom stereocenters. The lowest BCUT2D eigenvalue weighted by molar-refractivity contribution is -0.172. The molecule has 1 aliphatic rings. The van der Waals surface area contributed by atoms with Crippen LogP contribution in [0.2, 0.25) is 0 Å². The van der Waals surface area contributed by atoms with E-state index in [1.165, 1.54) is 26.3 Å². The van der Waals surface area contributed by atoms with Gasteiger partial charge in [0.15, 0.2) is 36.1 Å². The Balaban J connectivity index is 1.88. The fraction of sp³-hybridized carbons (Fsp3) is 0.483. The van der Waals surface area contributed by atoms with Gasteiger partial charge in [-0.1, -0.05) is 51.1 Å². The molecule has 2 heterocycles. The number of carbonyl (C=O) groups excluding carboxylic acids is 4. The van der Waals surface area contributed by atoms with E-state index in [1.807, 2.05) is 6.92 Å². The number of ether oxygens (including phenoxy) is 6. The lowest BCUT2D eigenvalue weighted by Crippen LogP contribution is -2.46. The summed E-state index contributed by atoms with van der Waals surface area (Å²) in [6, 6.07) is 8.71. The van der Waals surface area contributed by atoms with Gasteiger partial charge in [0, 0.05) is 12.3 Å². The lowest BCUT2D eigenvalue weighted by Gasteiger charge is -2.29. The van der Waals surface area contributed by atoms with Crippen LogP contribution in [0.1, 0.15) is 56.1 Å². The summed E-state index contributed by atoms with van der Waals surface area (Å²) < 4.78 is 33.0. The normalized spacial score (nSPS) is 21.0. The number of rotatable bonds is 11. The highest BCUT2D eigenvalue weighted by molar-refractivity contribution is 5.98. The highest BCUT2D eigenvalue weighted by atomic mass is 16.7. The van der Waals surface area contributed by atoms with Crippen LogP contribution in [0.3, 0.4) is 0 Å². The minimum Gasteiger partial charge on any atom is -0.493 e. The number of cyclic esters (lactones) is 2. The standard InChI is InChI=1S/C29H36N2O10/c1-6-14-37-16-39-25-21(36-5)12-13-30-23(25)26(32)31-20-15-38-29(35)22(19-10-8-7-9-11-19)24(18(4)40-28(20)34)41-27(33)17(2)3/h7-13,17-18,20,22,24H,6,14-16H2,1-5H3,(H,31,32)/t18-,20-,22+,24-/m0/s1. The second kappa shape index (κ2) is 15.0. The van der Waals surface area contributed by atoms with E-state index in [0.29, 0.717) is 12.2 Å². The Morgan fingerprint density at radius 3 is 2.51 bits per heavy atom. The van der Waals surface area contributed by atoms with Gasteiger partial charge in [0.25, 0.3) is 5.91 Å². The molecule has 0 spiro atoms. The van der Waals surface area contributed by atoms with Crippen LogP contribution >= 0.6 is 0 Å². The van der Waals surface area contributed by atoms with E-state index in [2.05, 4.69) is 10.3 Å². The SMILES string of the molecule is CCCOCOc1c(OC)ccnc1C(=O)N[C@H]1COC(=O)[C@H](c2ccccc2)[C@@H](OC(=O)C(C)C)[C@H](C)OC1=O. The Morgan fingerprint density at radius 1 is 1.12 bits per heavy atom. The number of methoxy groups -OCH3 is 1. The molecule has 0 aliphatic carbocycles. The molecule has 41 heavy (non-hydrogen) atoms. The van der Waals surface area contributed by atoms with Crippen LogP contribution in [0, 0.1) is 5.92 Å². The van der Waals surface area contributed by atoms with E-state index in [1.54, 1.807) is 44.2 Å². The van der Waals surface area contributed by atoms with Crippen molar-refractivity contribution in [3.05, 3.63) is 53.9 Å². The van der Waals surface area contributed by atoms with Crippen LogP contribution in [-0.4, -0.2) is 74.2 Å². The summed E-state index contributed by atoms with van der Waals surface area (Å²) >= 11 is 0. The van der Waals surface area contributed by atoms with Crippen LogP contribution in [0.25, 0.3) is 0 Å². The van der Waals surface area contributed by atoms with E-state index >= 15 is 0 Å². The first kappa shape index (κ1) is 31.3. The highest BCUT2D eigenvalue weighted by Crippen LogP contribution is 2.31. The number of amides is 1. The van der Waals surface area contributed by atoms with Crippen LogP contribution in [0.15, 0.2) is 42.6 Å². The minimum atomic E-state index is -1.40. The number of hydrogen-bond acceptors (Lipinski definition) is 11. The van der Waals surface area contributed by atoms with Crippen molar-refractivity contribution < 1.29 is 47.6 Å². The fourth-order valence-electron chi connectivity index (χ4n) is 4.00. The number of aromatic nitrogens is 1. The van der Waals surface area contributed by atoms with E-state index < -0.39 is 60.5 Å². The Hall–Kier alpha value is -4.19. The molecule has 0 bridgehead atoms. The molecule has 1 saturated heterocycles. The van der Waals surface area contributed by atoms with Gasteiger partial charge in [-0.2, -0.15) is 0 Å². The van der Waals surface area contributed by atoms with Crippen LogP contribution in [0.5, 0.6) is 11.5 Å². The minimum absolute atomic E-state index is 0.00945. The summed E-state index contributed by atoms with van der Waals surface area (Å²) in [6.45, 7) is 6.49. The predicted molar refractivity (Wildman–Crippen MR) is 144 cm³/mol. The Kier molecular flexibility index (Phi) is 11.5. The van der Waals surface area contributed by atoms with Gasteiger partial charge in [0.1, 0.15) is 18.6 Å². The number of pyridine rings is 1. The molecule has 3 rings (SSSR count). The van der Waals surface area contributed by atoms with Crippen LogP contribution < -0.4 is 14.8 Å². The van der Waals surface area contributed by atoms with Gasteiger partial charge in [-0.15, -0.1) is 0 Å². The topological polar surface area (TPSA) is 149 Å². The summed E-state index contributed by atoms with van der Waals surface area (Å²) in [6.07, 6.45) is -0.133. The molecule has 12 heteroatoms. The highest BCUT2D eigenvalue weighted by Gasteiger charge is 2.43. The van der Waals surface area contributed by atoms with Crippen molar-refractivity contribution in [2.24, 2.45) is 5.92 Å². The van der Waals surface area contributed by atoms with Crippen LogP contribution in [0.4, 0.5) is 0 Å². The maximum absolute atomic E-state index is 13.4. The van der Waals surface area contributed by atoms with E-state index in [-0.39, 0.29) is 24.0 Å². The van der Waals surface area contributed by atoms with E-state index in [4.69, 9.17) is 28.4 Å². The number of carbonyl (C=O) groups is 4. The maximum atomic E-state index is 13.4. The average molecular weight is 573 g/mol. The Morgan fingerprint density at radius 2 is 1.85 bits per heavy atom. The average Bonchev–Trinajstić information content (AvgIpc) is 3.00. The van der Waals surface area contributed by atoms with Crippen molar-refractivity contribution in [1.29, 1.82) is 0 Å². The van der Waals surface area contributed by atoms with Gasteiger partial charge in [-0.25, -0.2) is 9.78 Å². The number of nitrogens with one attached hydrogen (secondary N) is 1. The molecule has 1 fully saturated rings. The van der Waals surface area contributed by atoms with Crippen molar-refractivity contribution in [2.45, 2.75) is 58.3 Å². The van der Waals surface area contributed by atoms with Gasteiger partial charge in [0.2, 0.25) is 0 Å². The molecular formula is C29H36N2O10. The second-order valence-corrected chi connectivity index (χ2v) is 9.60. The molecule has 2 aromatic rings. The molecule has 0 radical (unpaired) electrons. The zero-order valence-corrected chi connectivity index (χ0v) is 23.8. The smallest absolute Gasteiger partial charge is 0.332 e. The van der Waals surface area contributed by atoms with E-state index in [0.717, 1.165) is 6.42 Å². The third-order valence-corrected chi connectivity index (χ3v) is 6.15. The summed E-state index contributed by atoms with van der Waals surface area (Å²) in [5.74, 6) is -4.37. The molecule has 1 N–H and O–H groups in total. The largest absolute Gasteiger partial charge is 0.493 e. The van der Waals surface area contributed by atoms with Crippen LogP contribution in [-0.2, 0) is 33.3 Å². The molecule has 222 valence electrons. The van der Waals surface area contributed by atoms with Gasteiger partial charge in [-0.3, -0.25) is 14.4 Å². The van der Waals surface area contributed by atoms with Crippen molar-refractivity contribution in [1.82, 2.24) is 10.3 Å². The predicted octanol–water partition coefficient (Wildman–Crippen LogP) is 2.79. The first-order valence-corrected chi connectivity index (χ1v) is 13.3. The van der Waals surface area contributed by atoms with Gasteiger partial charge in [0.05, 0.1) is 19.6 Å². The first-order valence-electron chi connectivity index (χ1n) is 13.3. The number of nitrogens with zero attached hydrogens (tertiary/aromatic N) is 1. The molecule has 1 amide bonds. The summed E-state index contributed by atoms with van der Waals surface area (Å²) in [7, 11) is 1.40. The number of benzene rings is 1. The first-order chi connectivity index (χ1) is 19.7. The van der Waals surface area contributed by atoms with Crippen molar-refractivity contribution in [2.75, 3.05) is 27.1 Å². The Labute approximate surface area is 238 Å². The molecule has 4 atom stereocenters. The molecule has 1 aromatic carbocycles. The number of esters is 3. The quantitative estimate of drug-likeness (QED) is 0.183. The van der Waals surface area contributed by atoms with Crippen molar-refractivity contribution in [3.63, 3.8) is 0 Å². The van der Waals surface area contributed by atoms with Crippen molar-refractivity contribution >= 4 is 23.8 Å². The maximum Gasteiger partial charge on any atom is 0.332 e. The van der Waals surface area contributed by atoms with Gasteiger partial charge < -0.3 is 33.7 Å². The zero-order chi connectivity index (χ0) is 29.9. The van der Waals surface area contributed by atoms with Gasteiger partial charge in [-0.05, 0) is 18.9 Å². The second-order valence-electron chi connectivity index (χ2n) is 9.60. The monoisotopic (exact) mass is 572 g/mol. The summed E-state index contributed by atoms with van der Waals surface area (Å²) in [5.41, 5.74) is 0.333. The van der Waals surface area contributed by atoms with Gasteiger partial charge >= 0.3 is 17.9 Å². The lowest BCUT2D eigenvalue weighted by atomic mass is 9.90. The summed E-state index contributed by atoms with van der Waals surface area (Å²) in [5, 5.41) is 2.51. The molecule has 0 saturated carbocycles. The zero-order valence-electron chi connectivity index (χ0n) is 23.8. The molecule has 12 nitrogen and oxygen atoms in total. The molecular weight excluding hydrogens is 536 g/mol. The van der Waals surface area contributed by atoms with E-state index in [9.17, 15) is 19.2 Å². The molecule has 1 aromatic heterocycles. The third-order valence-electron chi connectivity index (χ3n) is 6.15. The third kappa shape index (κ3) is 8.16.